The van der Waals surface area contributed by atoms with Crippen molar-refractivity contribution in [2.45, 2.75) is 44.8 Å². The Kier molecular flexibility index (Phi) is 6.42. The van der Waals surface area contributed by atoms with Gasteiger partial charge in [-0.05, 0) is 60.7 Å². The second kappa shape index (κ2) is 9.92. The van der Waals surface area contributed by atoms with E-state index in [1.165, 1.54) is 0 Å². The molecule has 10 nitrogen and oxygen atoms in total. The molecule has 39 heavy (non-hydrogen) atoms. The SMILES string of the molecule is CN(C)C(=O)CC1CCN(Cc2cc(-c3ccc4c(c3)CN(C3CCC(=O)NC3=O)C4=O)nc3[nH]ccc23)C1. The maximum atomic E-state index is 13.1. The van der Waals surface area contributed by atoms with Crippen LogP contribution in [0.2, 0.25) is 0 Å². The zero-order valence-corrected chi connectivity index (χ0v) is 22.2. The van der Waals surface area contributed by atoms with Gasteiger partial charge in [0.05, 0.1) is 5.69 Å². The summed E-state index contributed by atoms with van der Waals surface area (Å²) in [5.74, 6) is -0.352. The Morgan fingerprint density at radius 3 is 2.77 bits per heavy atom. The van der Waals surface area contributed by atoms with Crippen molar-refractivity contribution >= 4 is 34.7 Å². The predicted molar refractivity (Wildman–Crippen MR) is 144 cm³/mol. The highest BCUT2D eigenvalue weighted by atomic mass is 16.2. The number of nitrogens with one attached hydrogen (secondary N) is 2. The summed E-state index contributed by atoms with van der Waals surface area (Å²) in [7, 11) is 3.61. The van der Waals surface area contributed by atoms with Crippen molar-refractivity contribution in [2.24, 2.45) is 5.92 Å². The van der Waals surface area contributed by atoms with Crippen molar-refractivity contribution in [1.29, 1.82) is 0 Å². The Balaban J connectivity index is 1.23. The quantitative estimate of drug-likeness (QED) is 0.474. The first-order valence-electron chi connectivity index (χ1n) is 13.4. The number of H-pyrrole nitrogens is 1. The van der Waals surface area contributed by atoms with Crippen LogP contribution >= 0.6 is 0 Å². The first-order valence-corrected chi connectivity index (χ1v) is 13.4. The van der Waals surface area contributed by atoms with E-state index in [0.717, 1.165) is 59.5 Å². The van der Waals surface area contributed by atoms with E-state index in [1.807, 2.05) is 30.5 Å². The van der Waals surface area contributed by atoms with E-state index in [1.54, 1.807) is 23.9 Å². The number of aromatic amines is 1. The van der Waals surface area contributed by atoms with E-state index in [0.29, 0.717) is 30.9 Å². The fraction of sp³-hybridized carbons (Fsp3) is 0.414. The van der Waals surface area contributed by atoms with Gasteiger partial charge in [-0.2, -0.15) is 0 Å². The van der Waals surface area contributed by atoms with E-state index < -0.39 is 11.9 Å². The number of rotatable bonds is 6. The van der Waals surface area contributed by atoms with Crippen LogP contribution in [0.15, 0.2) is 36.5 Å². The van der Waals surface area contributed by atoms with Crippen molar-refractivity contribution in [3.63, 3.8) is 0 Å². The molecule has 3 aromatic rings. The Labute approximate surface area is 226 Å². The van der Waals surface area contributed by atoms with Gasteiger partial charge in [0.1, 0.15) is 11.7 Å². The minimum atomic E-state index is -0.636. The number of benzene rings is 1. The van der Waals surface area contributed by atoms with Gasteiger partial charge in [-0.25, -0.2) is 4.98 Å². The molecular formula is C29H32N6O4. The highest BCUT2D eigenvalue weighted by molar-refractivity contribution is 6.05. The summed E-state index contributed by atoms with van der Waals surface area (Å²) >= 11 is 0. The van der Waals surface area contributed by atoms with Gasteiger partial charge in [0.15, 0.2) is 0 Å². The molecule has 3 aliphatic rings. The lowest BCUT2D eigenvalue weighted by atomic mass is 10.0. The number of hydrogen-bond acceptors (Lipinski definition) is 6. The number of hydrogen-bond donors (Lipinski definition) is 2. The predicted octanol–water partition coefficient (Wildman–Crippen LogP) is 2.29. The molecule has 1 aromatic carbocycles. The Bertz CT molecular complexity index is 1490. The van der Waals surface area contributed by atoms with Crippen LogP contribution in [0.1, 0.15) is 47.2 Å². The summed E-state index contributed by atoms with van der Waals surface area (Å²) in [6.07, 6.45) is 4.05. The third-order valence-electron chi connectivity index (χ3n) is 8.16. The number of piperidine rings is 1. The highest BCUT2D eigenvalue weighted by Crippen LogP contribution is 2.33. The molecule has 0 aliphatic carbocycles. The molecule has 2 saturated heterocycles. The largest absolute Gasteiger partial charge is 0.349 e. The molecule has 2 N–H and O–H groups in total. The molecular weight excluding hydrogens is 496 g/mol. The van der Waals surface area contributed by atoms with Crippen LogP contribution in [0.5, 0.6) is 0 Å². The highest BCUT2D eigenvalue weighted by Gasteiger charge is 2.39. The molecule has 2 aromatic heterocycles. The zero-order valence-electron chi connectivity index (χ0n) is 22.2. The lowest BCUT2D eigenvalue weighted by Crippen LogP contribution is -2.52. The van der Waals surface area contributed by atoms with Crippen LogP contribution in [0.3, 0.4) is 0 Å². The number of amides is 4. The number of carbonyl (C=O) groups excluding carboxylic acids is 4. The van der Waals surface area contributed by atoms with E-state index in [2.05, 4.69) is 21.3 Å². The topological polar surface area (TPSA) is 119 Å². The molecule has 0 bridgehead atoms. The van der Waals surface area contributed by atoms with Crippen LogP contribution in [0.25, 0.3) is 22.3 Å². The molecule has 0 spiro atoms. The third-order valence-corrected chi connectivity index (χ3v) is 8.16. The van der Waals surface area contributed by atoms with Crippen LogP contribution in [-0.2, 0) is 27.5 Å². The number of pyridine rings is 1. The van der Waals surface area contributed by atoms with Gasteiger partial charge in [0.2, 0.25) is 17.7 Å². The molecule has 5 heterocycles. The third kappa shape index (κ3) is 4.80. The summed E-state index contributed by atoms with van der Waals surface area (Å²) < 4.78 is 0. The van der Waals surface area contributed by atoms with E-state index in [9.17, 15) is 19.2 Å². The van der Waals surface area contributed by atoms with Crippen molar-refractivity contribution in [3.05, 3.63) is 53.2 Å². The van der Waals surface area contributed by atoms with Crippen LogP contribution < -0.4 is 5.32 Å². The molecule has 3 aliphatic heterocycles. The van der Waals surface area contributed by atoms with Gasteiger partial charge in [-0.1, -0.05) is 6.07 Å². The number of likely N-dealkylation sites (tertiary alicyclic amines) is 1. The minimum Gasteiger partial charge on any atom is -0.349 e. The molecule has 2 unspecified atom stereocenters. The number of fused-ring (bicyclic) bond motifs is 2. The van der Waals surface area contributed by atoms with Crippen LogP contribution in [0, 0.1) is 5.92 Å². The first kappa shape index (κ1) is 25.2. The number of aromatic nitrogens is 2. The lowest BCUT2D eigenvalue weighted by Gasteiger charge is -2.29. The molecule has 4 amide bonds. The maximum Gasteiger partial charge on any atom is 0.255 e. The fourth-order valence-electron chi connectivity index (χ4n) is 6.01. The van der Waals surface area contributed by atoms with Gasteiger partial charge in [-0.3, -0.25) is 29.4 Å². The number of carbonyl (C=O) groups is 4. The molecule has 0 radical (unpaired) electrons. The first-order chi connectivity index (χ1) is 18.8. The number of nitrogens with zero attached hydrogens (tertiary/aromatic N) is 4. The van der Waals surface area contributed by atoms with Gasteiger partial charge in [0.25, 0.3) is 5.91 Å². The lowest BCUT2D eigenvalue weighted by molar-refractivity contribution is -0.137. The smallest absolute Gasteiger partial charge is 0.255 e. The normalized spacial score (nSPS) is 21.5. The summed E-state index contributed by atoms with van der Waals surface area (Å²) in [4.78, 5) is 63.0. The summed E-state index contributed by atoms with van der Waals surface area (Å²) in [5.41, 5.74) is 5.12. The van der Waals surface area contributed by atoms with E-state index >= 15 is 0 Å². The maximum absolute atomic E-state index is 13.1. The number of imide groups is 1. The van der Waals surface area contributed by atoms with Crippen molar-refractivity contribution in [2.75, 3.05) is 27.2 Å². The average Bonchev–Trinajstić information content (AvgIpc) is 3.63. The minimum absolute atomic E-state index is 0.173. The van der Waals surface area contributed by atoms with Crippen molar-refractivity contribution < 1.29 is 19.2 Å². The molecule has 2 atom stereocenters. The standard InChI is InChI=1S/C29H32N6O4/c1-33(2)26(37)11-17-8-10-34(14-17)15-20-13-23(31-27-21(20)7-9-30-27)18-3-4-22-19(12-18)16-35(29(22)39)24-5-6-25(36)32-28(24)38/h3-4,7,9,12-13,17,24H,5-6,8,10-11,14-16H2,1-2H3,(H,30,31)(H,32,36,38). The monoisotopic (exact) mass is 528 g/mol. The van der Waals surface area contributed by atoms with E-state index in [-0.39, 0.29) is 24.1 Å². The molecule has 202 valence electrons. The molecule has 0 saturated carbocycles. The summed E-state index contributed by atoms with van der Waals surface area (Å²) in [6, 6.07) is 9.23. The Hall–Kier alpha value is -4.05. The fourth-order valence-corrected chi connectivity index (χ4v) is 6.01. The van der Waals surface area contributed by atoms with E-state index in [4.69, 9.17) is 4.98 Å². The van der Waals surface area contributed by atoms with Crippen LogP contribution in [-0.4, -0.2) is 81.5 Å². The Morgan fingerprint density at radius 1 is 1.13 bits per heavy atom. The summed E-state index contributed by atoms with van der Waals surface area (Å²) in [6.45, 7) is 2.93. The molecule has 2 fully saturated rings. The second-order valence-corrected chi connectivity index (χ2v) is 11.1. The Morgan fingerprint density at radius 2 is 1.97 bits per heavy atom. The second-order valence-electron chi connectivity index (χ2n) is 11.1. The van der Waals surface area contributed by atoms with Crippen molar-refractivity contribution in [1.82, 2.24) is 30.0 Å². The summed E-state index contributed by atoms with van der Waals surface area (Å²) in [5, 5.41) is 3.43. The van der Waals surface area contributed by atoms with Crippen LogP contribution in [0.4, 0.5) is 0 Å². The molecule has 10 heteroatoms. The average molecular weight is 529 g/mol. The molecule has 6 rings (SSSR count). The zero-order chi connectivity index (χ0) is 27.3. The van der Waals surface area contributed by atoms with Gasteiger partial charge in [-0.15, -0.1) is 0 Å². The van der Waals surface area contributed by atoms with Crippen molar-refractivity contribution in [3.8, 4) is 11.3 Å². The van der Waals surface area contributed by atoms with Gasteiger partial charge in [0, 0.05) is 69.3 Å². The van der Waals surface area contributed by atoms with Gasteiger partial charge >= 0.3 is 0 Å². The van der Waals surface area contributed by atoms with Gasteiger partial charge < -0.3 is 14.8 Å².